The maximum atomic E-state index is 12.9. The summed E-state index contributed by atoms with van der Waals surface area (Å²) in [6.45, 7) is 11.3. The van der Waals surface area contributed by atoms with Crippen molar-refractivity contribution in [1.82, 2.24) is 14.8 Å². The molecule has 0 aliphatic heterocycles. The first-order valence-corrected chi connectivity index (χ1v) is 14.5. The van der Waals surface area contributed by atoms with Gasteiger partial charge in [0.2, 0.25) is 5.91 Å². The van der Waals surface area contributed by atoms with Crippen molar-refractivity contribution in [3.63, 3.8) is 0 Å². The summed E-state index contributed by atoms with van der Waals surface area (Å²) in [6, 6.07) is 6.06. The number of nitrogens with one attached hydrogen (secondary N) is 1. The van der Waals surface area contributed by atoms with E-state index in [1.807, 2.05) is 30.5 Å². The van der Waals surface area contributed by atoms with Gasteiger partial charge in [-0.1, -0.05) is 36.4 Å². The van der Waals surface area contributed by atoms with E-state index in [1.165, 1.54) is 33.5 Å². The Morgan fingerprint density at radius 2 is 2.05 bits per heavy atom. The molecular formula is C27H34N4O4S2. The highest BCUT2D eigenvalue weighted by Crippen LogP contribution is 2.40. The van der Waals surface area contributed by atoms with Crippen LogP contribution in [0.4, 0.5) is 5.00 Å². The second-order valence-corrected chi connectivity index (χ2v) is 11.4. The van der Waals surface area contributed by atoms with Crippen LogP contribution >= 0.6 is 23.1 Å². The molecular weight excluding hydrogens is 508 g/mol. The molecule has 0 spiro atoms. The number of hydrogen-bond donors (Lipinski definition) is 1. The summed E-state index contributed by atoms with van der Waals surface area (Å²) in [7, 11) is 0. The Kier molecular flexibility index (Phi) is 8.91. The number of anilines is 1. The highest BCUT2D eigenvalue weighted by Gasteiger charge is 2.29. The molecule has 0 saturated heterocycles. The summed E-state index contributed by atoms with van der Waals surface area (Å²) in [5.74, 6) is 1.67. The maximum Gasteiger partial charge on any atom is 0.341 e. The Labute approximate surface area is 226 Å². The van der Waals surface area contributed by atoms with E-state index in [-0.39, 0.29) is 17.6 Å². The largest absolute Gasteiger partial charge is 0.485 e. The molecule has 0 radical (unpaired) electrons. The Morgan fingerprint density at radius 1 is 1.24 bits per heavy atom. The molecule has 37 heavy (non-hydrogen) atoms. The van der Waals surface area contributed by atoms with Crippen LogP contribution in [-0.2, 0) is 35.5 Å². The molecule has 1 N–H and O–H groups in total. The number of carbonyl (C=O) groups is 2. The molecule has 1 amide bonds. The number of thioether (sulfide) groups is 1. The fourth-order valence-corrected chi connectivity index (χ4v) is 6.74. The molecule has 1 aliphatic carbocycles. The molecule has 198 valence electrons. The van der Waals surface area contributed by atoms with Crippen molar-refractivity contribution in [3.8, 4) is 5.75 Å². The third-order valence-corrected chi connectivity index (χ3v) is 8.51. The normalized spacial score (nSPS) is 14.8. The second kappa shape index (κ2) is 12.1. The molecule has 1 unspecified atom stereocenters. The van der Waals surface area contributed by atoms with Gasteiger partial charge in [0.15, 0.2) is 11.0 Å². The number of aromatic nitrogens is 3. The van der Waals surface area contributed by atoms with Crippen molar-refractivity contribution in [3.05, 3.63) is 51.2 Å². The van der Waals surface area contributed by atoms with E-state index in [0.717, 1.165) is 36.1 Å². The number of ether oxygens (including phenoxy) is 2. The number of nitrogens with zero attached hydrogens (tertiary/aromatic N) is 3. The van der Waals surface area contributed by atoms with Crippen LogP contribution in [0.15, 0.2) is 23.4 Å². The molecule has 1 atom stereocenters. The van der Waals surface area contributed by atoms with Crippen LogP contribution in [-0.4, -0.2) is 39.0 Å². The smallest absolute Gasteiger partial charge is 0.341 e. The SMILES string of the molecule is CCOC(=O)c1c(NC(=O)CSc2nnc(COc3ccc(C)cc3C)n2CC)sc2c1CCC(C)C2. The van der Waals surface area contributed by atoms with Gasteiger partial charge >= 0.3 is 5.97 Å². The Hall–Kier alpha value is -2.85. The van der Waals surface area contributed by atoms with Gasteiger partial charge in [-0.15, -0.1) is 21.5 Å². The van der Waals surface area contributed by atoms with E-state index in [9.17, 15) is 9.59 Å². The molecule has 0 saturated carbocycles. The van der Waals surface area contributed by atoms with Gasteiger partial charge in [0.05, 0.1) is 17.9 Å². The van der Waals surface area contributed by atoms with Crippen molar-refractivity contribution in [2.24, 2.45) is 5.92 Å². The van der Waals surface area contributed by atoms with Gasteiger partial charge in [-0.3, -0.25) is 4.79 Å². The summed E-state index contributed by atoms with van der Waals surface area (Å²) >= 11 is 2.81. The highest BCUT2D eigenvalue weighted by molar-refractivity contribution is 7.99. The summed E-state index contributed by atoms with van der Waals surface area (Å²) < 4.78 is 13.3. The molecule has 0 bridgehead atoms. The first-order chi connectivity index (χ1) is 17.8. The van der Waals surface area contributed by atoms with Gasteiger partial charge in [0, 0.05) is 11.4 Å². The van der Waals surface area contributed by atoms with E-state index < -0.39 is 0 Å². The fourth-order valence-electron chi connectivity index (χ4n) is 4.50. The zero-order chi connectivity index (χ0) is 26.5. The lowest BCUT2D eigenvalue weighted by atomic mass is 9.88. The van der Waals surface area contributed by atoms with Crippen LogP contribution in [0.2, 0.25) is 0 Å². The topological polar surface area (TPSA) is 95.3 Å². The van der Waals surface area contributed by atoms with Gasteiger partial charge < -0.3 is 19.4 Å². The number of fused-ring (bicyclic) bond motifs is 1. The van der Waals surface area contributed by atoms with Gasteiger partial charge in [0.25, 0.3) is 0 Å². The number of benzene rings is 1. The molecule has 3 aromatic rings. The summed E-state index contributed by atoms with van der Waals surface area (Å²) in [5, 5.41) is 12.8. The minimum absolute atomic E-state index is 0.150. The number of amides is 1. The molecule has 8 nitrogen and oxygen atoms in total. The van der Waals surface area contributed by atoms with Crippen LogP contribution in [0.5, 0.6) is 5.75 Å². The van der Waals surface area contributed by atoms with Gasteiger partial charge in [-0.2, -0.15) is 0 Å². The monoisotopic (exact) mass is 542 g/mol. The van der Waals surface area contributed by atoms with E-state index >= 15 is 0 Å². The van der Waals surface area contributed by atoms with E-state index in [4.69, 9.17) is 9.47 Å². The molecule has 1 aliphatic rings. The third-order valence-electron chi connectivity index (χ3n) is 6.37. The standard InChI is InChI=1S/C27H34N4O4S2/c1-6-31-22(14-35-20-11-9-16(3)12-18(20)5)29-30-27(31)36-15-23(32)28-25-24(26(33)34-7-2)19-10-8-17(4)13-21(19)37-25/h9,11-12,17H,6-8,10,13-15H2,1-5H3,(H,28,32). The average Bonchev–Trinajstić information content (AvgIpc) is 3.41. The molecule has 1 aromatic carbocycles. The van der Waals surface area contributed by atoms with Crippen molar-refractivity contribution < 1.29 is 19.1 Å². The number of hydrogen-bond acceptors (Lipinski definition) is 8. The van der Waals surface area contributed by atoms with Crippen LogP contribution in [0.1, 0.15) is 64.9 Å². The predicted molar refractivity (Wildman–Crippen MR) is 147 cm³/mol. The number of esters is 1. The molecule has 4 rings (SSSR count). The maximum absolute atomic E-state index is 12.9. The van der Waals surface area contributed by atoms with Crippen molar-refractivity contribution in [1.29, 1.82) is 0 Å². The first kappa shape index (κ1) is 27.2. The molecule has 2 aromatic heterocycles. The van der Waals surface area contributed by atoms with Crippen molar-refractivity contribution in [2.45, 2.75) is 72.2 Å². The lowest BCUT2D eigenvalue weighted by molar-refractivity contribution is -0.113. The van der Waals surface area contributed by atoms with Crippen LogP contribution < -0.4 is 10.1 Å². The Balaban J connectivity index is 1.41. The first-order valence-electron chi connectivity index (χ1n) is 12.7. The van der Waals surface area contributed by atoms with E-state index in [1.54, 1.807) is 6.92 Å². The predicted octanol–water partition coefficient (Wildman–Crippen LogP) is 5.59. The van der Waals surface area contributed by atoms with Gasteiger partial charge in [-0.05, 0) is 70.1 Å². The summed E-state index contributed by atoms with van der Waals surface area (Å²) in [6.07, 6.45) is 2.78. The number of rotatable bonds is 10. The van der Waals surface area contributed by atoms with Gasteiger partial charge in [0.1, 0.15) is 17.4 Å². The average molecular weight is 543 g/mol. The molecule has 0 fully saturated rings. The van der Waals surface area contributed by atoms with Crippen LogP contribution in [0.3, 0.4) is 0 Å². The Morgan fingerprint density at radius 3 is 2.78 bits per heavy atom. The summed E-state index contributed by atoms with van der Waals surface area (Å²) in [4.78, 5) is 26.8. The second-order valence-electron chi connectivity index (χ2n) is 9.31. The highest BCUT2D eigenvalue weighted by atomic mass is 32.2. The lowest BCUT2D eigenvalue weighted by Gasteiger charge is -2.18. The number of aryl methyl sites for hydroxylation is 2. The number of thiophene rings is 1. The summed E-state index contributed by atoms with van der Waals surface area (Å²) in [5.41, 5.74) is 3.81. The molecule has 2 heterocycles. The number of carbonyl (C=O) groups excluding carboxylic acids is 2. The third kappa shape index (κ3) is 6.35. The van der Waals surface area contributed by atoms with Crippen molar-refractivity contribution >= 4 is 40.0 Å². The van der Waals surface area contributed by atoms with E-state index in [0.29, 0.717) is 47.2 Å². The van der Waals surface area contributed by atoms with Gasteiger partial charge in [-0.25, -0.2) is 4.79 Å². The van der Waals surface area contributed by atoms with Crippen LogP contribution in [0.25, 0.3) is 0 Å². The minimum Gasteiger partial charge on any atom is -0.485 e. The fraction of sp³-hybridized carbons (Fsp3) is 0.481. The van der Waals surface area contributed by atoms with E-state index in [2.05, 4.69) is 35.4 Å². The Bertz CT molecular complexity index is 1280. The zero-order valence-electron chi connectivity index (χ0n) is 22.1. The zero-order valence-corrected chi connectivity index (χ0v) is 23.7. The quantitative estimate of drug-likeness (QED) is 0.264. The lowest BCUT2D eigenvalue weighted by Crippen LogP contribution is -2.18. The van der Waals surface area contributed by atoms with Crippen molar-refractivity contribution in [2.75, 3.05) is 17.7 Å². The minimum atomic E-state index is -0.364. The molecule has 10 heteroatoms. The van der Waals surface area contributed by atoms with Crippen LogP contribution in [0, 0.1) is 19.8 Å².